The summed E-state index contributed by atoms with van der Waals surface area (Å²) in [5.74, 6) is 2.70. The van der Waals surface area contributed by atoms with E-state index in [0.29, 0.717) is 19.6 Å². The van der Waals surface area contributed by atoms with Crippen LogP contribution in [0.2, 0.25) is 0 Å². The van der Waals surface area contributed by atoms with Crippen LogP contribution in [0.1, 0.15) is 32.0 Å². The topological polar surface area (TPSA) is 65.4 Å². The van der Waals surface area contributed by atoms with Gasteiger partial charge in [-0.1, -0.05) is 25.1 Å². The Labute approximate surface area is 171 Å². The molecule has 3 rings (SSSR count). The molecule has 6 heteroatoms. The smallest absolute Gasteiger partial charge is 0.219 e. The first-order valence-corrected chi connectivity index (χ1v) is 10.2. The molecule has 0 atom stereocenters. The van der Waals surface area contributed by atoms with Crippen molar-refractivity contribution in [2.24, 2.45) is 0 Å². The third-order valence-electron chi connectivity index (χ3n) is 4.81. The number of hydrogen-bond donors (Lipinski definition) is 1. The number of para-hydroxylation sites is 2. The number of ether oxygens (including phenoxy) is 2. The summed E-state index contributed by atoms with van der Waals surface area (Å²) in [7, 11) is 1.65. The molecule has 2 aromatic carbocycles. The fourth-order valence-electron chi connectivity index (χ4n) is 3.26. The Kier molecular flexibility index (Phi) is 7.50. The number of rotatable bonds is 11. The van der Waals surface area contributed by atoms with Crippen LogP contribution in [0.5, 0.6) is 11.5 Å². The van der Waals surface area contributed by atoms with E-state index in [1.165, 1.54) is 0 Å². The van der Waals surface area contributed by atoms with Crippen molar-refractivity contribution in [3.8, 4) is 11.5 Å². The highest BCUT2D eigenvalue weighted by atomic mass is 16.5. The lowest BCUT2D eigenvalue weighted by Gasteiger charge is -2.11. The molecular weight excluding hydrogens is 366 g/mol. The minimum atomic E-state index is 0.0716. The van der Waals surface area contributed by atoms with Crippen LogP contribution in [0, 0.1) is 0 Å². The zero-order chi connectivity index (χ0) is 20.5. The lowest BCUT2D eigenvalue weighted by molar-refractivity contribution is -0.120. The Balaban J connectivity index is 1.55. The maximum absolute atomic E-state index is 11.5. The second-order valence-corrected chi connectivity index (χ2v) is 6.86. The van der Waals surface area contributed by atoms with Crippen LogP contribution in [0.15, 0.2) is 48.5 Å². The quantitative estimate of drug-likeness (QED) is 0.499. The van der Waals surface area contributed by atoms with Crippen molar-refractivity contribution in [2.75, 3.05) is 20.3 Å². The van der Waals surface area contributed by atoms with Crippen LogP contribution in [0.3, 0.4) is 0 Å². The van der Waals surface area contributed by atoms with Gasteiger partial charge in [0.1, 0.15) is 17.3 Å². The van der Waals surface area contributed by atoms with Crippen molar-refractivity contribution in [1.82, 2.24) is 14.9 Å². The number of carbonyl (C=O) groups is 1. The van der Waals surface area contributed by atoms with Crippen LogP contribution in [0.4, 0.5) is 0 Å². The molecule has 0 aliphatic carbocycles. The van der Waals surface area contributed by atoms with Gasteiger partial charge in [0, 0.05) is 32.0 Å². The van der Waals surface area contributed by atoms with Gasteiger partial charge in [-0.05, 0) is 37.1 Å². The Morgan fingerprint density at radius 1 is 1.10 bits per heavy atom. The highest BCUT2D eigenvalue weighted by molar-refractivity contribution is 5.76. The van der Waals surface area contributed by atoms with Crippen molar-refractivity contribution >= 4 is 16.9 Å². The SMILES string of the molecule is CCC(=O)NCCc1nc2ccccc2n1CCCCOc1cccc(OC)c1. The number of hydrogen-bond acceptors (Lipinski definition) is 4. The van der Waals surface area contributed by atoms with E-state index in [1.807, 2.05) is 49.4 Å². The summed E-state index contributed by atoms with van der Waals surface area (Å²) < 4.78 is 13.3. The number of carbonyl (C=O) groups excluding carboxylic acids is 1. The van der Waals surface area contributed by atoms with Crippen LogP contribution in [-0.2, 0) is 17.8 Å². The fourth-order valence-corrected chi connectivity index (χ4v) is 3.26. The molecule has 3 aromatic rings. The number of imidazole rings is 1. The molecule has 0 fully saturated rings. The third-order valence-corrected chi connectivity index (χ3v) is 4.81. The first-order valence-electron chi connectivity index (χ1n) is 10.2. The molecule has 0 saturated carbocycles. The molecule has 0 bridgehead atoms. The van der Waals surface area contributed by atoms with Crippen molar-refractivity contribution < 1.29 is 14.3 Å². The molecule has 154 valence electrons. The lowest BCUT2D eigenvalue weighted by Crippen LogP contribution is -2.25. The molecule has 0 radical (unpaired) electrons. The number of amides is 1. The average Bonchev–Trinajstić information content (AvgIpc) is 3.11. The van der Waals surface area contributed by atoms with Gasteiger partial charge in [0.15, 0.2) is 0 Å². The Morgan fingerprint density at radius 3 is 2.76 bits per heavy atom. The summed E-state index contributed by atoms with van der Waals surface area (Å²) in [6.45, 7) is 3.99. The number of benzene rings is 2. The van der Waals surface area contributed by atoms with Gasteiger partial charge in [-0.3, -0.25) is 4.79 Å². The minimum absolute atomic E-state index is 0.0716. The maximum atomic E-state index is 11.5. The van der Waals surface area contributed by atoms with Gasteiger partial charge in [-0.2, -0.15) is 0 Å². The maximum Gasteiger partial charge on any atom is 0.219 e. The van der Waals surface area contributed by atoms with Crippen molar-refractivity contribution in [3.63, 3.8) is 0 Å². The van der Waals surface area contributed by atoms with E-state index in [1.54, 1.807) is 7.11 Å². The van der Waals surface area contributed by atoms with Crippen molar-refractivity contribution in [2.45, 2.75) is 39.2 Å². The molecule has 0 spiro atoms. The van der Waals surface area contributed by atoms with E-state index in [-0.39, 0.29) is 5.91 Å². The second-order valence-electron chi connectivity index (χ2n) is 6.86. The van der Waals surface area contributed by atoms with E-state index in [2.05, 4.69) is 16.0 Å². The minimum Gasteiger partial charge on any atom is -0.497 e. The fraction of sp³-hybridized carbons (Fsp3) is 0.391. The van der Waals surface area contributed by atoms with Gasteiger partial charge in [-0.15, -0.1) is 0 Å². The van der Waals surface area contributed by atoms with Crippen LogP contribution in [-0.4, -0.2) is 35.7 Å². The van der Waals surface area contributed by atoms with E-state index >= 15 is 0 Å². The molecule has 0 unspecified atom stereocenters. The number of methoxy groups -OCH3 is 1. The molecule has 1 amide bonds. The van der Waals surface area contributed by atoms with E-state index < -0.39 is 0 Å². The summed E-state index contributed by atoms with van der Waals surface area (Å²) in [6.07, 6.45) is 3.15. The number of aromatic nitrogens is 2. The molecule has 1 aromatic heterocycles. The summed E-state index contributed by atoms with van der Waals surface area (Å²) in [6, 6.07) is 15.8. The van der Waals surface area contributed by atoms with E-state index in [9.17, 15) is 4.79 Å². The molecule has 29 heavy (non-hydrogen) atoms. The van der Waals surface area contributed by atoms with Crippen molar-refractivity contribution in [1.29, 1.82) is 0 Å². The predicted molar refractivity (Wildman–Crippen MR) is 114 cm³/mol. The highest BCUT2D eigenvalue weighted by Crippen LogP contribution is 2.20. The molecule has 6 nitrogen and oxygen atoms in total. The zero-order valence-corrected chi connectivity index (χ0v) is 17.2. The molecule has 0 aliphatic rings. The number of aryl methyl sites for hydroxylation is 1. The first-order chi connectivity index (χ1) is 14.2. The average molecular weight is 396 g/mol. The molecule has 0 aliphatic heterocycles. The molecular formula is C23H29N3O3. The lowest BCUT2D eigenvalue weighted by atomic mass is 10.2. The monoisotopic (exact) mass is 395 g/mol. The number of unbranched alkanes of at least 4 members (excludes halogenated alkanes) is 1. The Bertz CT molecular complexity index is 936. The first kappa shape index (κ1) is 20.7. The predicted octanol–water partition coefficient (Wildman–Crippen LogP) is 3.97. The van der Waals surface area contributed by atoms with Crippen LogP contribution >= 0.6 is 0 Å². The van der Waals surface area contributed by atoms with Crippen LogP contribution < -0.4 is 14.8 Å². The Hall–Kier alpha value is -3.02. The number of fused-ring (bicyclic) bond motifs is 1. The standard InChI is InChI=1S/C23H29N3O3/c1-3-23(27)24-14-13-22-25-20-11-4-5-12-21(20)26(22)15-6-7-16-29-19-10-8-9-18(17-19)28-2/h4-5,8-12,17H,3,6-7,13-16H2,1-2H3,(H,24,27). The zero-order valence-electron chi connectivity index (χ0n) is 17.2. The molecule has 1 N–H and O–H groups in total. The third kappa shape index (κ3) is 5.73. The van der Waals surface area contributed by atoms with E-state index in [0.717, 1.165) is 54.2 Å². The molecule has 1 heterocycles. The van der Waals surface area contributed by atoms with Gasteiger partial charge in [0.05, 0.1) is 24.8 Å². The van der Waals surface area contributed by atoms with Gasteiger partial charge in [0.25, 0.3) is 0 Å². The highest BCUT2D eigenvalue weighted by Gasteiger charge is 2.10. The number of nitrogens with one attached hydrogen (secondary N) is 1. The second kappa shape index (κ2) is 10.5. The summed E-state index contributed by atoms with van der Waals surface area (Å²) in [5, 5.41) is 2.93. The summed E-state index contributed by atoms with van der Waals surface area (Å²) in [5.41, 5.74) is 2.13. The molecule has 0 saturated heterocycles. The summed E-state index contributed by atoms with van der Waals surface area (Å²) in [4.78, 5) is 16.3. The van der Waals surface area contributed by atoms with Gasteiger partial charge >= 0.3 is 0 Å². The van der Waals surface area contributed by atoms with Crippen LogP contribution in [0.25, 0.3) is 11.0 Å². The van der Waals surface area contributed by atoms with Gasteiger partial charge in [-0.25, -0.2) is 4.98 Å². The Morgan fingerprint density at radius 2 is 1.93 bits per heavy atom. The normalized spacial score (nSPS) is 10.8. The van der Waals surface area contributed by atoms with Crippen molar-refractivity contribution in [3.05, 3.63) is 54.4 Å². The van der Waals surface area contributed by atoms with E-state index in [4.69, 9.17) is 14.5 Å². The van der Waals surface area contributed by atoms with Gasteiger partial charge in [0.2, 0.25) is 5.91 Å². The largest absolute Gasteiger partial charge is 0.497 e. The van der Waals surface area contributed by atoms with Gasteiger partial charge < -0.3 is 19.4 Å². The summed E-state index contributed by atoms with van der Waals surface area (Å²) >= 11 is 0. The number of nitrogens with zero attached hydrogens (tertiary/aromatic N) is 2.